The number of fused-ring (bicyclic) bond motifs is 1. The standard InChI is InChI=1S/C50H71NO5S/c1-30(2)37-9-7-31(3)19-39(37)56-44(54)51(28-47-23-33-20-34(24-47)22-35(21-33)25-47)29-49(55)16-13-42-46(49,6)15-12-41-45(5)14-11-36(52)26-48(45)17-18-50(41,42)38(27-48)43(53)40-10-8-32(4)57-40/h8,10,17-18,27,30-31,33-37,39,41-42,52,55H,7,9,11-16,19-26,28-29H2,1-6H3. The minimum absolute atomic E-state index is 0.0603. The second-order valence-corrected chi connectivity index (χ2v) is 24.4. The van der Waals surface area contributed by atoms with Gasteiger partial charge in [0.15, 0.2) is 5.78 Å². The summed E-state index contributed by atoms with van der Waals surface area (Å²) >= 11 is 1.59. The molecule has 7 heteroatoms. The van der Waals surface area contributed by atoms with Gasteiger partial charge >= 0.3 is 6.09 Å². The number of rotatable bonds is 8. The number of nitrogens with zero attached hydrogens (tertiary/aromatic N) is 1. The molecule has 0 aliphatic heterocycles. The van der Waals surface area contributed by atoms with Crippen molar-refractivity contribution >= 4 is 23.2 Å². The van der Waals surface area contributed by atoms with Crippen molar-refractivity contribution < 1.29 is 24.5 Å². The van der Waals surface area contributed by atoms with Crippen molar-refractivity contribution in [3.63, 3.8) is 0 Å². The summed E-state index contributed by atoms with van der Waals surface area (Å²) in [5.74, 6) is 4.14. The number of aliphatic hydroxyl groups is 2. The van der Waals surface area contributed by atoms with Gasteiger partial charge in [-0.15, -0.1) is 11.3 Å². The highest BCUT2D eigenvalue weighted by Gasteiger charge is 2.75. The number of ketones is 1. The molecule has 2 spiro atoms. The number of hydrogen-bond donors (Lipinski definition) is 2. The van der Waals surface area contributed by atoms with E-state index in [4.69, 9.17) is 4.74 Å². The third kappa shape index (κ3) is 5.71. The summed E-state index contributed by atoms with van der Waals surface area (Å²) < 4.78 is 6.74. The van der Waals surface area contributed by atoms with E-state index in [2.05, 4.69) is 70.7 Å². The number of aliphatic hydroxyl groups excluding tert-OH is 1. The monoisotopic (exact) mass is 798 g/mol. The first kappa shape index (κ1) is 39.2. The number of hydrogen-bond acceptors (Lipinski definition) is 6. The summed E-state index contributed by atoms with van der Waals surface area (Å²) in [6.45, 7) is 14.7. The summed E-state index contributed by atoms with van der Waals surface area (Å²) in [4.78, 5) is 34.0. The van der Waals surface area contributed by atoms with Crippen LogP contribution in [0.2, 0.25) is 0 Å². The van der Waals surface area contributed by atoms with Crippen LogP contribution in [0.25, 0.3) is 0 Å². The van der Waals surface area contributed by atoms with E-state index in [1.807, 2.05) is 6.07 Å². The zero-order chi connectivity index (χ0) is 39.9. The maximum atomic E-state index is 15.0. The van der Waals surface area contributed by atoms with Gasteiger partial charge in [-0.2, -0.15) is 0 Å². The maximum Gasteiger partial charge on any atom is 0.410 e. The van der Waals surface area contributed by atoms with Gasteiger partial charge in [0.2, 0.25) is 0 Å². The van der Waals surface area contributed by atoms with Gasteiger partial charge in [0.05, 0.1) is 23.1 Å². The fourth-order valence-corrected chi connectivity index (χ4v) is 18.0. The molecule has 6 bridgehead atoms. The molecule has 57 heavy (non-hydrogen) atoms. The molecule has 1 heterocycles. The van der Waals surface area contributed by atoms with Gasteiger partial charge in [-0.1, -0.05) is 59.3 Å². The fraction of sp³-hybridized carbons (Fsp3) is 0.800. The number of thiophene rings is 1. The Morgan fingerprint density at radius 1 is 0.860 bits per heavy atom. The smallest absolute Gasteiger partial charge is 0.410 e. The maximum absolute atomic E-state index is 15.0. The van der Waals surface area contributed by atoms with Crippen LogP contribution in [-0.2, 0) is 4.74 Å². The molecule has 12 rings (SSSR count). The van der Waals surface area contributed by atoms with Crippen molar-refractivity contribution in [1.82, 2.24) is 4.90 Å². The van der Waals surface area contributed by atoms with E-state index >= 15 is 0 Å². The SMILES string of the molecule is Cc1ccc(C(=O)C2=CC34C=CC25C(CCC2(C)C5CCC2(O)CN(CC25CC6CC(CC(C6)C2)C5)C(=O)OC2CC(C)CCC2C(C)C)C3(C)CCC(O)C4)s1. The number of amides is 1. The average molecular weight is 798 g/mol. The van der Waals surface area contributed by atoms with Crippen LogP contribution in [-0.4, -0.2) is 57.9 Å². The molecule has 312 valence electrons. The Hall–Kier alpha value is -1.96. The van der Waals surface area contributed by atoms with Gasteiger partial charge in [-0.05, 0) is 174 Å². The Morgan fingerprint density at radius 2 is 1.53 bits per heavy atom. The van der Waals surface area contributed by atoms with Crippen LogP contribution in [0.3, 0.4) is 0 Å². The van der Waals surface area contributed by atoms with Crippen molar-refractivity contribution in [2.24, 2.45) is 74.4 Å². The molecule has 6 nitrogen and oxygen atoms in total. The Bertz CT molecular complexity index is 1830. The largest absolute Gasteiger partial charge is 0.446 e. The summed E-state index contributed by atoms with van der Waals surface area (Å²) in [6, 6.07) is 4.07. The number of carbonyl (C=O) groups is 2. The number of Topliss-reactive ketones (excluding diaryl/α,β-unsaturated/α-hetero) is 1. The number of ether oxygens (including phenoxy) is 1. The minimum atomic E-state index is -1.10. The van der Waals surface area contributed by atoms with Crippen LogP contribution in [0.15, 0.2) is 35.9 Å². The quantitative estimate of drug-likeness (QED) is 0.202. The third-order valence-electron chi connectivity index (χ3n) is 19.5. The van der Waals surface area contributed by atoms with Gasteiger partial charge in [0.25, 0.3) is 0 Å². The summed E-state index contributed by atoms with van der Waals surface area (Å²) in [6.07, 6.45) is 23.1. The van der Waals surface area contributed by atoms with Crippen LogP contribution >= 0.6 is 11.3 Å². The van der Waals surface area contributed by atoms with Crippen LogP contribution in [0.1, 0.15) is 152 Å². The summed E-state index contributed by atoms with van der Waals surface area (Å²) in [5.41, 5.74) is -1.49. The first-order valence-corrected chi connectivity index (χ1v) is 24.2. The van der Waals surface area contributed by atoms with Gasteiger partial charge in [0, 0.05) is 33.2 Å². The molecule has 0 radical (unpaired) electrons. The van der Waals surface area contributed by atoms with E-state index in [0.717, 1.165) is 78.0 Å². The second-order valence-electron chi connectivity index (χ2n) is 23.1. The molecule has 11 atom stereocenters. The summed E-state index contributed by atoms with van der Waals surface area (Å²) in [7, 11) is 0. The molecule has 2 N–H and O–H groups in total. The number of aryl methyl sites for hydroxylation is 1. The van der Waals surface area contributed by atoms with Crippen molar-refractivity contribution in [2.75, 3.05) is 13.1 Å². The third-order valence-corrected chi connectivity index (χ3v) is 20.5. The van der Waals surface area contributed by atoms with Gasteiger partial charge < -0.3 is 19.8 Å². The van der Waals surface area contributed by atoms with Crippen molar-refractivity contribution in [2.45, 2.75) is 162 Å². The normalized spacial score (nSPS) is 49.0. The molecule has 11 aliphatic rings. The number of carbonyl (C=O) groups excluding carboxylic acids is 2. The zero-order valence-electron chi connectivity index (χ0n) is 35.9. The van der Waals surface area contributed by atoms with Crippen molar-refractivity contribution in [3.8, 4) is 0 Å². The predicted octanol–water partition coefficient (Wildman–Crippen LogP) is 10.9. The lowest BCUT2D eigenvalue weighted by Crippen LogP contribution is -2.67. The fourth-order valence-electron chi connectivity index (χ4n) is 17.1. The molecule has 8 fully saturated rings. The second kappa shape index (κ2) is 13.3. The Labute approximate surface area is 346 Å². The molecule has 8 saturated carbocycles. The van der Waals surface area contributed by atoms with E-state index < -0.39 is 16.4 Å². The minimum Gasteiger partial charge on any atom is -0.446 e. The van der Waals surface area contributed by atoms with Crippen molar-refractivity contribution in [3.05, 3.63) is 45.7 Å². The summed E-state index contributed by atoms with van der Waals surface area (Å²) in [5, 5.41) is 24.7. The number of allylic oxidation sites excluding steroid dienone is 4. The molecule has 1 amide bonds. The van der Waals surface area contributed by atoms with E-state index in [1.165, 1.54) is 44.9 Å². The van der Waals surface area contributed by atoms with Gasteiger partial charge in [-0.25, -0.2) is 4.79 Å². The lowest BCUT2D eigenvalue weighted by Gasteiger charge is -2.71. The first-order valence-electron chi connectivity index (χ1n) is 23.4. The van der Waals surface area contributed by atoms with Crippen LogP contribution in [0.5, 0.6) is 0 Å². The van der Waals surface area contributed by atoms with Crippen LogP contribution in [0, 0.1) is 81.3 Å². The van der Waals surface area contributed by atoms with E-state index in [9.17, 15) is 19.8 Å². The van der Waals surface area contributed by atoms with Crippen molar-refractivity contribution in [1.29, 1.82) is 0 Å². The highest BCUT2D eigenvalue weighted by molar-refractivity contribution is 7.14. The molecule has 0 aromatic carbocycles. The molecule has 1 aromatic heterocycles. The zero-order valence-corrected chi connectivity index (χ0v) is 36.7. The van der Waals surface area contributed by atoms with E-state index in [0.29, 0.717) is 43.7 Å². The molecular formula is C50H71NO5S. The molecule has 0 saturated heterocycles. The Balaban J connectivity index is 1.02. The molecular weight excluding hydrogens is 727 g/mol. The van der Waals surface area contributed by atoms with E-state index in [1.54, 1.807) is 11.3 Å². The van der Waals surface area contributed by atoms with Gasteiger partial charge in [-0.3, -0.25) is 4.79 Å². The van der Waals surface area contributed by atoms with Gasteiger partial charge in [0.1, 0.15) is 6.10 Å². The lowest BCUT2D eigenvalue weighted by atomic mass is 9.32. The molecule has 11 aliphatic carbocycles. The predicted molar refractivity (Wildman–Crippen MR) is 226 cm³/mol. The Kier molecular flexibility index (Phi) is 9.12. The highest BCUT2D eigenvalue weighted by Crippen LogP contribution is 2.78. The molecule has 1 aromatic rings. The molecule has 11 unspecified atom stereocenters. The Morgan fingerprint density at radius 3 is 2.19 bits per heavy atom. The van der Waals surface area contributed by atoms with E-state index in [-0.39, 0.29) is 52.2 Å². The van der Waals surface area contributed by atoms with Crippen LogP contribution < -0.4 is 0 Å². The average Bonchev–Trinajstić information content (AvgIpc) is 3.70. The highest BCUT2D eigenvalue weighted by atomic mass is 32.1. The topological polar surface area (TPSA) is 87.1 Å². The first-order chi connectivity index (χ1) is 27.0. The van der Waals surface area contributed by atoms with Crippen LogP contribution in [0.4, 0.5) is 4.79 Å². The lowest BCUT2D eigenvalue weighted by molar-refractivity contribution is -0.177.